The molecule has 1 aliphatic heterocycles. The fourth-order valence-corrected chi connectivity index (χ4v) is 4.23. The molecule has 2 aromatic carbocycles. The van der Waals surface area contributed by atoms with Crippen LogP contribution in [0.4, 0.5) is 0 Å². The number of nitrogens with one attached hydrogen (secondary N) is 3. The Morgan fingerprint density at radius 3 is 2.93 bits per heavy atom. The normalized spacial score (nSPS) is 15.3. The third kappa shape index (κ3) is 3.39. The van der Waals surface area contributed by atoms with Gasteiger partial charge in [-0.3, -0.25) is 9.20 Å². The first-order valence-corrected chi connectivity index (χ1v) is 10.2. The molecule has 1 saturated heterocycles. The lowest BCUT2D eigenvalue weighted by atomic mass is 10.1. The molecule has 1 fully saturated rings. The van der Waals surface area contributed by atoms with E-state index in [2.05, 4.69) is 10.3 Å². The van der Waals surface area contributed by atoms with Crippen molar-refractivity contribution in [2.24, 2.45) is 0 Å². The number of carbonyl (C=O) groups is 1. The SMILES string of the molecule is O=C(NCC[NH+]1CCOCC1)c1ccc2c(c1)[nH]c(=S)n1c3ccccc3nc21. The monoisotopic (exact) mass is 408 g/mol. The predicted octanol–water partition coefficient (Wildman–Crippen LogP) is 1.34. The number of para-hydroxylation sites is 2. The molecule has 3 N–H and O–H groups in total. The Bertz CT molecular complexity index is 1270. The summed E-state index contributed by atoms with van der Waals surface area (Å²) >= 11 is 5.57. The van der Waals surface area contributed by atoms with Crippen molar-refractivity contribution in [3.05, 3.63) is 52.8 Å². The summed E-state index contributed by atoms with van der Waals surface area (Å²) in [5, 5.41) is 3.96. The van der Waals surface area contributed by atoms with Gasteiger partial charge in [-0.15, -0.1) is 0 Å². The second-order valence-electron chi connectivity index (χ2n) is 7.32. The number of aromatic nitrogens is 3. The zero-order chi connectivity index (χ0) is 19.8. The Kier molecular flexibility index (Phi) is 4.75. The number of morpholine rings is 1. The van der Waals surface area contributed by atoms with Crippen molar-refractivity contribution in [2.75, 3.05) is 39.4 Å². The van der Waals surface area contributed by atoms with E-state index in [1.54, 1.807) is 0 Å². The van der Waals surface area contributed by atoms with E-state index in [4.69, 9.17) is 21.9 Å². The highest BCUT2D eigenvalue weighted by molar-refractivity contribution is 7.71. The molecule has 0 atom stereocenters. The number of benzene rings is 2. The zero-order valence-corrected chi connectivity index (χ0v) is 16.7. The molecule has 0 radical (unpaired) electrons. The van der Waals surface area contributed by atoms with E-state index in [0.29, 0.717) is 16.9 Å². The molecule has 29 heavy (non-hydrogen) atoms. The summed E-state index contributed by atoms with van der Waals surface area (Å²) in [6, 6.07) is 13.5. The van der Waals surface area contributed by atoms with E-state index in [1.165, 1.54) is 4.90 Å². The van der Waals surface area contributed by atoms with Crippen molar-refractivity contribution in [3.8, 4) is 0 Å². The molecule has 4 aromatic rings. The molecule has 0 unspecified atom stereocenters. The van der Waals surface area contributed by atoms with Crippen LogP contribution in [0.1, 0.15) is 10.4 Å². The maximum Gasteiger partial charge on any atom is 0.251 e. The summed E-state index contributed by atoms with van der Waals surface area (Å²) in [6.07, 6.45) is 0. The van der Waals surface area contributed by atoms with Crippen molar-refractivity contribution in [1.29, 1.82) is 0 Å². The Labute approximate surface area is 172 Å². The fourth-order valence-electron chi connectivity index (χ4n) is 3.93. The summed E-state index contributed by atoms with van der Waals surface area (Å²) in [7, 11) is 0. The Morgan fingerprint density at radius 2 is 2.07 bits per heavy atom. The van der Waals surface area contributed by atoms with Gasteiger partial charge >= 0.3 is 0 Å². The molecule has 0 aliphatic carbocycles. The average Bonchev–Trinajstić information content (AvgIpc) is 3.14. The van der Waals surface area contributed by atoms with Gasteiger partial charge in [0.05, 0.1) is 42.9 Å². The lowest BCUT2D eigenvalue weighted by molar-refractivity contribution is -0.906. The van der Waals surface area contributed by atoms with E-state index >= 15 is 0 Å². The van der Waals surface area contributed by atoms with Gasteiger partial charge in [0, 0.05) is 10.9 Å². The minimum absolute atomic E-state index is 0.0766. The Hall–Kier alpha value is -2.81. The molecule has 1 aliphatic rings. The highest BCUT2D eigenvalue weighted by Gasteiger charge is 2.15. The number of ether oxygens (including phenoxy) is 1. The van der Waals surface area contributed by atoms with Gasteiger partial charge in [-0.05, 0) is 42.5 Å². The smallest absolute Gasteiger partial charge is 0.251 e. The van der Waals surface area contributed by atoms with Crippen LogP contribution in [0.2, 0.25) is 0 Å². The Balaban J connectivity index is 1.42. The van der Waals surface area contributed by atoms with Crippen LogP contribution in [0, 0.1) is 4.77 Å². The van der Waals surface area contributed by atoms with Crippen LogP contribution in [0.5, 0.6) is 0 Å². The maximum absolute atomic E-state index is 12.6. The molecule has 5 rings (SSSR count). The van der Waals surface area contributed by atoms with Crippen molar-refractivity contribution in [2.45, 2.75) is 0 Å². The summed E-state index contributed by atoms with van der Waals surface area (Å²) in [6.45, 7) is 5.14. The van der Waals surface area contributed by atoms with Gasteiger partial charge in [-0.2, -0.15) is 0 Å². The average molecular weight is 409 g/mol. The van der Waals surface area contributed by atoms with E-state index in [9.17, 15) is 4.79 Å². The minimum Gasteiger partial charge on any atom is -0.370 e. The molecule has 0 saturated carbocycles. The number of nitrogens with zero attached hydrogens (tertiary/aromatic N) is 2. The summed E-state index contributed by atoms with van der Waals surface area (Å²) in [5.41, 5.74) is 4.09. The molecule has 148 valence electrons. The topological polar surface area (TPSA) is 75.9 Å². The van der Waals surface area contributed by atoms with E-state index in [-0.39, 0.29) is 5.91 Å². The van der Waals surface area contributed by atoms with E-state index in [0.717, 1.165) is 60.4 Å². The summed E-state index contributed by atoms with van der Waals surface area (Å²) in [4.78, 5) is 22.1. The third-order valence-corrected chi connectivity index (χ3v) is 5.78. The molecular weight excluding hydrogens is 386 g/mol. The highest BCUT2D eigenvalue weighted by Crippen LogP contribution is 2.24. The number of H-pyrrole nitrogens is 1. The number of aromatic amines is 1. The predicted molar refractivity (Wildman–Crippen MR) is 114 cm³/mol. The molecule has 7 nitrogen and oxygen atoms in total. The number of hydrogen-bond acceptors (Lipinski definition) is 4. The fraction of sp³-hybridized carbons (Fsp3) is 0.286. The molecule has 8 heteroatoms. The number of imidazole rings is 1. The third-order valence-electron chi connectivity index (χ3n) is 5.49. The molecule has 1 amide bonds. The van der Waals surface area contributed by atoms with Crippen LogP contribution in [-0.2, 0) is 4.74 Å². The largest absolute Gasteiger partial charge is 0.370 e. The highest BCUT2D eigenvalue weighted by atomic mass is 32.1. The zero-order valence-electron chi connectivity index (χ0n) is 15.9. The first kappa shape index (κ1) is 18.2. The molecule has 0 bridgehead atoms. The van der Waals surface area contributed by atoms with Crippen molar-refractivity contribution in [3.63, 3.8) is 0 Å². The first-order valence-electron chi connectivity index (χ1n) is 9.83. The second kappa shape index (κ2) is 7.55. The van der Waals surface area contributed by atoms with Gasteiger partial charge in [-0.1, -0.05) is 12.1 Å². The van der Waals surface area contributed by atoms with Crippen LogP contribution in [0.15, 0.2) is 42.5 Å². The van der Waals surface area contributed by atoms with E-state index < -0.39 is 0 Å². The van der Waals surface area contributed by atoms with Crippen LogP contribution in [0.25, 0.3) is 27.6 Å². The van der Waals surface area contributed by atoms with Crippen LogP contribution >= 0.6 is 12.2 Å². The number of amides is 1. The summed E-state index contributed by atoms with van der Waals surface area (Å²) < 4.78 is 7.88. The van der Waals surface area contributed by atoms with Gasteiger partial charge in [0.2, 0.25) is 0 Å². The van der Waals surface area contributed by atoms with Crippen molar-refractivity contribution in [1.82, 2.24) is 19.7 Å². The number of rotatable bonds is 4. The van der Waals surface area contributed by atoms with Crippen LogP contribution < -0.4 is 10.2 Å². The number of fused-ring (bicyclic) bond motifs is 5. The van der Waals surface area contributed by atoms with Gasteiger partial charge in [0.1, 0.15) is 18.7 Å². The van der Waals surface area contributed by atoms with Crippen LogP contribution in [-0.4, -0.2) is 59.7 Å². The minimum atomic E-state index is -0.0766. The van der Waals surface area contributed by atoms with Gasteiger partial charge in [-0.25, -0.2) is 4.98 Å². The Morgan fingerprint density at radius 1 is 1.24 bits per heavy atom. The quantitative estimate of drug-likeness (QED) is 0.446. The number of carbonyl (C=O) groups excluding carboxylic acids is 1. The van der Waals surface area contributed by atoms with Crippen LogP contribution in [0.3, 0.4) is 0 Å². The summed E-state index contributed by atoms with van der Waals surface area (Å²) in [5.74, 6) is -0.0766. The van der Waals surface area contributed by atoms with Gasteiger partial charge in [0.15, 0.2) is 4.77 Å². The molecule has 0 spiro atoms. The molecule has 2 aromatic heterocycles. The van der Waals surface area contributed by atoms with Crippen molar-refractivity contribution < 1.29 is 14.4 Å². The number of hydrogen-bond donors (Lipinski definition) is 3. The lowest BCUT2D eigenvalue weighted by Gasteiger charge is -2.23. The first-order chi connectivity index (χ1) is 14.2. The molecule has 3 heterocycles. The van der Waals surface area contributed by atoms with Gasteiger partial charge in [0.25, 0.3) is 5.91 Å². The maximum atomic E-state index is 12.6. The molecular formula is C21H22N5O2S+. The standard InChI is InChI=1S/C21H21N5O2S/c27-20(22-7-8-25-9-11-28-12-10-25)14-5-6-15-17(13-14)24-21(29)26-18-4-2-1-3-16(18)23-19(15)26/h1-6,13H,7-12H2,(H,22,27)(H,24,29)/p+1. The van der Waals surface area contributed by atoms with Crippen molar-refractivity contribution >= 4 is 45.7 Å². The van der Waals surface area contributed by atoms with Gasteiger partial charge < -0.3 is 19.9 Å². The lowest BCUT2D eigenvalue weighted by Crippen LogP contribution is -3.14. The number of quaternary nitrogens is 1. The second-order valence-corrected chi connectivity index (χ2v) is 7.71. The van der Waals surface area contributed by atoms with E-state index in [1.807, 2.05) is 46.9 Å².